The van der Waals surface area contributed by atoms with Crippen LogP contribution in [0.3, 0.4) is 0 Å². The molecule has 0 bridgehead atoms. The average Bonchev–Trinajstić information content (AvgIpc) is 0.987. The van der Waals surface area contributed by atoms with Crippen molar-refractivity contribution in [2.24, 2.45) is 5.73 Å². The Hall–Kier alpha value is -10.6. The summed E-state index contributed by atoms with van der Waals surface area (Å²) >= 11 is 3.44. The molecule has 1 aliphatic rings. The molecule has 0 radical (unpaired) electrons. The highest BCUT2D eigenvalue weighted by atomic mass is 79.9. The molecular weight excluding hydrogens is 1230 g/mol. The van der Waals surface area contributed by atoms with E-state index in [1.54, 1.807) is 54.6 Å². The van der Waals surface area contributed by atoms with Gasteiger partial charge >= 0.3 is 17.9 Å². The molecule has 17 heteroatoms. The van der Waals surface area contributed by atoms with Gasteiger partial charge in [0.1, 0.15) is 21.7 Å². The second kappa shape index (κ2) is 32.9. The summed E-state index contributed by atoms with van der Waals surface area (Å²) in [6.45, 7) is 8.18. The van der Waals surface area contributed by atoms with Crippen LogP contribution in [-0.4, -0.2) is 87.4 Å². The Morgan fingerprint density at radius 1 is 0.484 bits per heavy atom. The number of nitrogens with two attached hydrogens (primary N) is 1. The quantitative estimate of drug-likeness (QED) is 0.0914. The third-order valence-electron chi connectivity index (χ3n) is 15.2. The molecule has 1 fully saturated rings. The van der Waals surface area contributed by atoms with Crippen LogP contribution >= 0.6 is 15.9 Å². The number of carboxylic acids is 1. The van der Waals surface area contributed by atoms with Crippen molar-refractivity contribution < 1.29 is 33.7 Å². The van der Waals surface area contributed by atoms with Crippen molar-refractivity contribution in [1.29, 1.82) is 0 Å². The first-order valence-corrected chi connectivity index (χ1v) is 31.1. The number of hydrogen-bond donors (Lipinski definition) is 3. The highest BCUT2D eigenvalue weighted by Crippen LogP contribution is 2.35. The molecule has 1 saturated heterocycles. The third kappa shape index (κ3) is 17.9. The van der Waals surface area contributed by atoms with Crippen molar-refractivity contribution in [2.45, 2.75) is 51.7 Å². The number of carbonyl (C=O) groups excluding carboxylic acids is 2. The summed E-state index contributed by atoms with van der Waals surface area (Å²) in [6.07, 6.45) is 2.56. The van der Waals surface area contributed by atoms with Gasteiger partial charge in [0, 0.05) is 43.0 Å². The maximum Gasteiger partial charge on any atom is 0.337 e. The summed E-state index contributed by atoms with van der Waals surface area (Å²) in [5.74, 6) is -0.381. The van der Waals surface area contributed by atoms with Gasteiger partial charge in [0.15, 0.2) is 11.6 Å². The summed E-state index contributed by atoms with van der Waals surface area (Å²) in [5, 5.41) is 12.8. The molecule has 0 saturated carbocycles. The van der Waals surface area contributed by atoms with Crippen LogP contribution in [-0.2, 0) is 14.2 Å². The number of aromatic nitrogens is 6. The molecule has 0 spiro atoms. The topological polar surface area (TPSA) is 218 Å². The van der Waals surface area contributed by atoms with Crippen molar-refractivity contribution >= 4 is 78.6 Å². The van der Waals surface area contributed by atoms with Crippen molar-refractivity contribution in [3.63, 3.8) is 0 Å². The molecule has 93 heavy (non-hydrogen) atoms. The van der Waals surface area contributed by atoms with E-state index in [0.29, 0.717) is 49.4 Å². The van der Waals surface area contributed by atoms with E-state index in [2.05, 4.69) is 74.2 Å². The number of nitrogens with one attached hydrogen (secondary N) is 1. The second-order valence-electron chi connectivity index (χ2n) is 21.7. The normalized spacial score (nSPS) is 12.3. The van der Waals surface area contributed by atoms with Gasteiger partial charge in [-0.25, -0.2) is 44.3 Å². The highest BCUT2D eigenvalue weighted by Gasteiger charge is 2.22. The SMILES string of the molecule is C1CCOC1.CC(N)c1ccccc1.COC(=O)c1ccc2nc(-c3ccccc3)c(Br)nc2c1.COC(=O)c1ccc2nc(-c3ccccc3)c(N[C@H](C)c3ccccc3)nc2c1.C[C@H](c1ccccc1)N(C)c1nc2cc(C(=O)O)ccc2nc1-c1ccccc1. The summed E-state index contributed by atoms with van der Waals surface area (Å²) in [6, 6.07) is 75.5. The Labute approximate surface area is 549 Å². The molecule has 12 aromatic rings. The Bertz CT molecular complexity index is 4420. The molecule has 0 amide bonds. The number of rotatable bonds is 13. The zero-order valence-corrected chi connectivity index (χ0v) is 54.1. The lowest BCUT2D eigenvalue weighted by atomic mass is 10.1. The number of halogens is 1. The van der Waals surface area contributed by atoms with Gasteiger partial charge in [-0.05, 0) is 121 Å². The number of carbonyl (C=O) groups is 3. The minimum absolute atomic E-state index is 0.0363. The minimum Gasteiger partial charge on any atom is -0.478 e. The third-order valence-corrected chi connectivity index (χ3v) is 15.7. The predicted octanol–water partition coefficient (Wildman–Crippen LogP) is 16.8. The average molecular weight is 1300 g/mol. The molecule has 3 atom stereocenters. The van der Waals surface area contributed by atoms with Gasteiger partial charge in [-0.2, -0.15) is 0 Å². The molecule has 470 valence electrons. The van der Waals surface area contributed by atoms with Gasteiger partial charge in [-0.15, -0.1) is 0 Å². The van der Waals surface area contributed by atoms with E-state index in [1.807, 2.05) is 172 Å². The Morgan fingerprint density at radius 3 is 1.31 bits per heavy atom. The fourth-order valence-corrected chi connectivity index (χ4v) is 10.4. The standard InChI is InChI=1S/2C24H21N3O2.C16H11BrN2O2.C8H11N.C4H8O/c1-16(17-9-5-3-6-10-17)27(2)23-22(18-11-7-4-8-12-18)25-20-14-13-19(24(28)29)15-21(20)26-23;1-16(17-9-5-3-6-10-17)25-23-22(18-11-7-4-8-12-18)26-20-14-13-19(24(28)29-2)15-21(20)27-23;1-21-16(20)11-7-8-12-13(9-11)19-15(17)14(18-12)10-5-3-2-4-6-10;1-7(9)8-5-3-2-4-6-8;1-2-4-5-3-1/h3-16H,1-2H3,(H,28,29);3-16H,1-2H3,(H,25,27);2-9H,1H3;2-7H,9H2,1H3;1-4H2/t2*16-;;;/m11.../s1. The van der Waals surface area contributed by atoms with Crippen molar-refractivity contribution in [2.75, 3.05) is 44.7 Å². The van der Waals surface area contributed by atoms with Gasteiger partial charge in [-0.1, -0.05) is 182 Å². The Kier molecular flexibility index (Phi) is 23.7. The van der Waals surface area contributed by atoms with Gasteiger partial charge < -0.3 is 35.3 Å². The molecular formula is C76H72BrN9O7. The number of carboxylic acid groups (broad SMARTS) is 1. The lowest BCUT2D eigenvalue weighted by molar-refractivity contribution is 0.0592. The van der Waals surface area contributed by atoms with E-state index in [-0.39, 0.29) is 29.7 Å². The second-order valence-corrected chi connectivity index (χ2v) is 22.4. The fourth-order valence-electron chi connectivity index (χ4n) is 9.90. The summed E-state index contributed by atoms with van der Waals surface area (Å²) in [7, 11) is 4.71. The number of anilines is 2. The molecule has 3 aromatic heterocycles. The van der Waals surface area contributed by atoms with E-state index in [1.165, 1.54) is 32.6 Å². The maximum atomic E-state index is 11.9. The number of ether oxygens (including phenoxy) is 3. The zero-order chi connectivity index (χ0) is 65.6. The van der Waals surface area contributed by atoms with Crippen LogP contribution in [0.15, 0.2) is 241 Å². The van der Waals surface area contributed by atoms with E-state index in [0.717, 1.165) is 69.1 Å². The van der Waals surface area contributed by atoms with Crippen LogP contribution in [0.25, 0.3) is 66.9 Å². The number of hydrogen-bond acceptors (Lipinski definition) is 15. The Morgan fingerprint density at radius 2 is 0.871 bits per heavy atom. The fraction of sp³-hybridized carbons (Fsp3) is 0.171. The van der Waals surface area contributed by atoms with E-state index >= 15 is 0 Å². The maximum absolute atomic E-state index is 11.9. The van der Waals surface area contributed by atoms with E-state index < -0.39 is 11.9 Å². The molecule has 1 aliphatic heterocycles. The number of aromatic carboxylic acids is 1. The van der Waals surface area contributed by atoms with Crippen molar-refractivity contribution in [1.82, 2.24) is 29.9 Å². The zero-order valence-electron chi connectivity index (χ0n) is 52.6. The van der Waals surface area contributed by atoms with Crippen LogP contribution in [0.2, 0.25) is 0 Å². The molecule has 4 N–H and O–H groups in total. The first-order valence-electron chi connectivity index (χ1n) is 30.3. The largest absolute Gasteiger partial charge is 0.478 e. The molecule has 0 aliphatic carbocycles. The number of nitrogens with zero attached hydrogens (tertiary/aromatic N) is 7. The van der Waals surface area contributed by atoms with Gasteiger partial charge in [0.25, 0.3) is 0 Å². The number of esters is 2. The first kappa shape index (κ1) is 66.8. The van der Waals surface area contributed by atoms with Gasteiger partial charge in [0.05, 0.1) is 76.1 Å². The summed E-state index contributed by atoms with van der Waals surface area (Å²) in [4.78, 5) is 65.3. The Balaban J connectivity index is 0.000000150. The monoisotopic (exact) mass is 1300 g/mol. The molecule has 13 rings (SSSR count). The van der Waals surface area contributed by atoms with Crippen LogP contribution in [0, 0.1) is 0 Å². The number of methoxy groups -OCH3 is 2. The van der Waals surface area contributed by atoms with Crippen LogP contribution in [0.1, 0.15) is 99.5 Å². The lowest BCUT2D eigenvalue weighted by Crippen LogP contribution is -2.23. The van der Waals surface area contributed by atoms with Crippen LogP contribution in [0.4, 0.5) is 11.6 Å². The van der Waals surface area contributed by atoms with Gasteiger partial charge in [-0.3, -0.25) is 0 Å². The van der Waals surface area contributed by atoms with Crippen molar-refractivity contribution in [3.8, 4) is 33.8 Å². The van der Waals surface area contributed by atoms with Crippen LogP contribution < -0.4 is 16.0 Å². The molecule has 1 unspecified atom stereocenters. The smallest absolute Gasteiger partial charge is 0.337 e. The number of fused-ring (bicyclic) bond motifs is 3. The first-order chi connectivity index (χ1) is 45.2. The van der Waals surface area contributed by atoms with Crippen molar-refractivity contribution in [3.05, 3.63) is 275 Å². The summed E-state index contributed by atoms with van der Waals surface area (Å²) in [5.41, 5.74) is 19.4. The lowest BCUT2D eigenvalue weighted by Gasteiger charge is -2.28. The molecule has 9 aromatic carbocycles. The van der Waals surface area contributed by atoms with E-state index in [9.17, 15) is 19.5 Å². The predicted molar refractivity (Wildman–Crippen MR) is 373 cm³/mol. The summed E-state index contributed by atoms with van der Waals surface area (Å²) < 4.78 is 15.1. The number of benzene rings is 9. The van der Waals surface area contributed by atoms with E-state index in [4.69, 9.17) is 39.9 Å². The molecule has 16 nitrogen and oxygen atoms in total. The molecule has 4 heterocycles. The highest BCUT2D eigenvalue weighted by molar-refractivity contribution is 9.10. The minimum atomic E-state index is -0.978. The van der Waals surface area contributed by atoms with Crippen LogP contribution in [0.5, 0.6) is 0 Å². The van der Waals surface area contributed by atoms with Gasteiger partial charge in [0.2, 0.25) is 0 Å².